The number of alkyl halides is 1. The fourth-order valence-corrected chi connectivity index (χ4v) is 2.23. The second-order valence-corrected chi connectivity index (χ2v) is 5.18. The average molecular weight is 376 g/mol. The molecule has 0 amide bonds. The number of hydrogen-bond donors (Lipinski definition) is 1. The van der Waals surface area contributed by atoms with Crippen molar-refractivity contribution < 1.29 is 28.4 Å². The largest absolute Gasteiger partial charge is 0.383 e. The van der Waals surface area contributed by atoms with E-state index in [-0.39, 0.29) is 23.4 Å². The van der Waals surface area contributed by atoms with Crippen LogP contribution in [0.15, 0.2) is 0 Å². The first-order valence-corrected chi connectivity index (χ1v) is 7.38. The molecule has 0 aromatic rings. The lowest BCUT2D eigenvalue weighted by molar-refractivity contribution is -0.131. The molecule has 0 heterocycles. The highest BCUT2D eigenvalue weighted by Crippen LogP contribution is 2.09. The molecular weight excluding hydrogens is 346 g/mol. The highest BCUT2D eigenvalue weighted by Gasteiger charge is 2.18. The van der Waals surface area contributed by atoms with Gasteiger partial charge >= 0.3 is 0 Å². The van der Waals surface area contributed by atoms with E-state index in [1.165, 1.54) is 0 Å². The van der Waals surface area contributed by atoms with Crippen LogP contribution in [-0.4, -0.2) is 86.4 Å². The van der Waals surface area contributed by atoms with E-state index in [0.29, 0.717) is 13.2 Å². The molecule has 2 atom stereocenters. The molecule has 0 fully saturated rings. The van der Waals surface area contributed by atoms with Crippen LogP contribution in [0.5, 0.6) is 0 Å². The topological polar surface area (TPSA) is 67.4 Å². The van der Waals surface area contributed by atoms with E-state index >= 15 is 0 Å². The predicted octanol–water partition coefficient (Wildman–Crippen LogP) is 0.855. The van der Waals surface area contributed by atoms with Crippen LogP contribution in [0, 0.1) is 0 Å². The van der Waals surface area contributed by atoms with Gasteiger partial charge in [0.05, 0.1) is 24.1 Å². The number of ether oxygens (including phenoxy) is 6. The van der Waals surface area contributed by atoms with Crippen molar-refractivity contribution in [3.63, 3.8) is 0 Å². The molecule has 0 aliphatic carbocycles. The Morgan fingerprint density at radius 1 is 0.762 bits per heavy atom. The van der Waals surface area contributed by atoms with Crippen LogP contribution in [0.3, 0.4) is 0 Å². The Balaban J connectivity index is 0. The normalized spacial score (nSPS) is 14.0. The minimum atomic E-state index is -0.250. The third-order valence-corrected chi connectivity index (χ3v) is 3.29. The van der Waals surface area contributed by atoms with Crippen LogP contribution in [0.4, 0.5) is 0 Å². The highest BCUT2D eigenvalue weighted by molar-refractivity contribution is 9.09. The van der Waals surface area contributed by atoms with Crippen LogP contribution in [0.1, 0.15) is 0 Å². The van der Waals surface area contributed by atoms with Crippen LogP contribution in [0.25, 0.3) is 0 Å². The molecule has 0 radical (unpaired) electrons. The zero-order valence-corrected chi connectivity index (χ0v) is 15.6. The Morgan fingerprint density at radius 2 is 1.19 bits per heavy atom. The molecule has 2 unspecified atom stereocenters. The Labute approximate surface area is 136 Å². The van der Waals surface area contributed by atoms with E-state index in [1.807, 2.05) is 7.05 Å². The second kappa shape index (κ2) is 16.6. The summed E-state index contributed by atoms with van der Waals surface area (Å²) in [5.41, 5.74) is 0. The molecule has 1 N–H and O–H groups in total. The summed E-state index contributed by atoms with van der Waals surface area (Å²) in [6, 6.07) is 0.0787. The summed E-state index contributed by atoms with van der Waals surface area (Å²) in [7, 11) is 11.5. The van der Waals surface area contributed by atoms with Gasteiger partial charge in [0.2, 0.25) is 0 Å². The van der Waals surface area contributed by atoms with Gasteiger partial charge in [-0.15, -0.1) is 0 Å². The highest BCUT2D eigenvalue weighted by atomic mass is 79.9. The first-order valence-electron chi connectivity index (χ1n) is 6.46. The SMILES string of the molecule is CNC(COC)C(OC)OC.COCC(Br)C(OC)OC. The van der Waals surface area contributed by atoms with Gasteiger partial charge < -0.3 is 33.7 Å². The van der Waals surface area contributed by atoms with Gasteiger partial charge in [-0.1, -0.05) is 15.9 Å². The summed E-state index contributed by atoms with van der Waals surface area (Å²) in [6.45, 7) is 1.15. The van der Waals surface area contributed by atoms with Crippen molar-refractivity contribution in [2.45, 2.75) is 23.4 Å². The number of methoxy groups -OCH3 is 6. The lowest BCUT2D eigenvalue weighted by atomic mass is 10.3. The van der Waals surface area contributed by atoms with E-state index < -0.39 is 0 Å². The monoisotopic (exact) mass is 375 g/mol. The third-order valence-electron chi connectivity index (χ3n) is 2.60. The van der Waals surface area contributed by atoms with Gasteiger partial charge in [0.15, 0.2) is 12.6 Å². The lowest BCUT2D eigenvalue weighted by Crippen LogP contribution is -2.43. The van der Waals surface area contributed by atoms with Gasteiger partial charge in [-0.3, -0.25) is 0 Å². The first kappa shape index (κ1) is 23.5. The van der Waals surface area contributed by atoms with Gasteiger partial charge in [-0.05, 0) is 7.05 Å². The lowest BCUT2D eigenvalue weighted by Gasteiger charge is -2.23. The summed E-state index contributed by atoms with van der Waals surface area (Å²) >= 11 is 3.35. The first-order chi connectivity index (χ1) is 10.1. The molecule has 0 saturated carbocycles. The van der Waals surface area contributed by atoms with Crippen LogP contribution in [0.2, 0.25) is 0 Å². The van der Waals surface area contributed by atoms with Crippen molar-refractivity contribution in [3.05, 3.63) is 0 Å². The van der Waals surface area contributed by atoms with Gasteiger partial charge in [0.25, 0.3) is 0 Å². The molecule has 0 aromatic heterocycles. The fraction of sp³-hybridized carbons (Fsp3) is 1.00. The molecule has 0 spiro atoms. The summed E-state index contributed by atoms with van der Waals surface area (Å²) in [4.78, 5) is 0.0903. The van der Waals surface area contributed by atoms with Crippen LogP contribution < -0.4 is 5.32 Å². The zero-order chi connectivity index (χ0) is 16.7. The summed E-state index contributed by atoms with van der Waals surface area (Å²) in [6.07, 6.45) is -0.486. The fourth-order valence-electron chi connectivity index (χ4n) is 1.53. The smallest absolute Gasteiger partial charge is 0.174 e. The molecule has 0 rings (SSSR count). The van der Waals surface area contributed by atoms with E-state index in [4.69, 9.17) is 28.4 Å². The number of halogens is 1. The Morgan fingerprint density at radius 3 is 1.48 bits per heavy atom. The van der Waals surface area contributed by atoms with Crippen molar-refractivity contribution in [2.24, 2.45) is 0 Å². The Kier molecular flexibility index (Phi) is 18.5. The van der Waals surface area contributed by atoms with Gasteiger partial charge in [-0.25, -0.2) is 0 Å². The van der Waals surface area contributed by atoms with Crippen molar-refractivity contribution in [1.82, 2.24) is 5.32 Å². The molecule has 0 bridgehead atoms. The molecule has 0 aliphatic heterocycles. The molecule has 0 aromatic carbocycles. The zero-order valence-electron chi connectivity index (χ0n) is 14.1. The van der Waals surface area contributed by atoms with Crippen LogP contribution >= 0.6 is 15.9 Å². The van der Waals surface area contributed by atoms with Crippen molar-refractivity contribution >= 4 is 15.9 Å². The molecule has 0 saturated heterocycles. The summed E-state index contributed by atoms with van der Waals surface area (Å²) in [5, 5.41) is 3.03. The molecule has 130 valence electrons. The maximum Gasteiger partial charge on any atom is 0.174 e. The molecule has 0 aliphatic rings. The quantitative estimate of drug-likeness (QED) is 0.424. The second-order valence-electron chi connectivity index (χ2n) is 4.00. The standard InChI is InChI=1S/C7H17NO3.C6H13BrO3/c1-8-6(5-9-2)7(10-3)11-4;1-8-4-5(7)6(9-2)10-3/h6-8H,5H2,1-4H3;5-6H,4H2,1-3H3. The van der Waals surface area contributed by atoms with Crippen molar-refractivity contribution in [1.29, 1.82) is 0 Å². The van der Waals surface area contributed by atoms with E-state index in [1.54, 1.807) is 42.7 Å². The minimum absolute atomic E-state index is 0.0787. The summed E-state index contributed by atoms with van der Waals surface area (Å²) < 4.78 is 29.8. The Hall–Kier alpha value is 0.200. The Bertz CT molecular complexity index is 205. The minimum Gasteiger partial charge on any atom is -0.383 e. The van der Waals surface area contributed by atoms with Gasteiger partial charge in [0.1, 0.15) is 0 Å². The van der Waals surface area contributed by atoms with Crippen LogP contribution in [-0.2, 0) is 28.4 Å². The number of nitrogens with one attached hydrogen (secondary N) is 1. The van der Waals surface area contributed by atoms with E-state index in [0.717, 1.165) is 0 Å². The number of likely N-dealkylation sites (N-methyl/N-ethyl adjacent to an activating group) is 1. The van der Waals surface area contributed by atoms with Gasteiger partial charge in [0, 0.05) is 42.7 Å². The average Bonchev–Trinajstić information content (AvgIpc) is 2.49. The number of rotatable bonds is 11. The maximum absolute atomic E-state index is 5.04. The summed E-state index contributed by atoms with van der Waals surface area (Å²) in [5.74, 6) is 0. The molecule has 21 heavy (non-hydrogen) atoms. The maximum atomic E-state index is 5.04. The van der Waals surface area contributed by atoms with Crippen molar-refractivity contribution in [2.75, 3.05) is 62.9 Å². The molecule has 8 heteroatoms. The third kappa shape index (κ3) is 11.4. The number of hydrogen-bond acceptors (Lipinski definition) is 7. The molecular formula is C13H30BrNO6. The molecule has 7 nitrogen and oxygen atoms in total. The van der Waals surface area contributed by atoms with Gasteiger partial charge in [-0.2, -0.15) is 0 Å². The van der Waals surface area contributed by atoms with E-state index in [2.05, 4.69) is 21.2 Å². The van der Waals surface area contributed by atoms with E-state index in [9.17, 15) is 0 Å². The van der Waals surface area contributed by atoms with Crippen molar-refractivity contribution in [3.8, 4) is 0 Å². The predicted molar refractivity (Wildman–Crippen MR) is 84.9 cm³/mol.